The molecule has 1 heteroatoms. The van der Waals surface area contributed by atoms with Crippen LogP contribution in [-0.4, -0.2) is 5.78 Å². The Bertz CT molecular complexity index is 324. The van der Waals surface area contributed by atoms with Crippen LogP contribution in [0.4, 0.5) is 0 Å². The molecule has 0 heterocycles. The normalized spacial score (nSPS) is 12.1. The lowest BCUT2D eigenvalue weighted by molar-refractivity contribution is -0.120. The number of carbonyl (C=O) groups is 1. The molecule has 0 saturated heterocycles. The Morgan fingerprint density at radius 2 is 1.93 bits per heavy atom. The highest BCUT2D eigenvalue weighted by Crippen LogP contribution is 2.12. The third-order valence-corrected chi connectivity index (χ3v) is 2.44. The standard InChI is InChI=1S/C13H16O/c1-10(2)11(3)13(14)9-12-7-5-4-6-8-12/h4-8,11H,1,9H2,2-3H3. The van der Waals surface area contributed by atoms with Crippen molar-refractivity contribution in [3.8, 4) is 0 Å². The fourth-order valence-corrected chi connectivity index (χ4v) is 1.22. The van der Waals surface area contributed by atoms with E-state index >= 15 is 0 Å². The molecule has 0 saturated carbocycles. The Morgan fingerprint density at radius 3 is 2.43 bits per heavy atom. The van der Waals surface area contributed by atoms with Gasteiger partial charge < -0.3 is 0 Å². The van der Waals surface area contributed by atoms with Gasteiger partial charge in [-0.15, -0.1) is 0 Å². The summed E-state index contributed by atoms with van der Waals surface area (Å²) in [7, 11) is 0. The van der Waals surface area contributed by atoms with Crippen LogP contribution in [0.2, 0.25) is 0 Å². The van der Waals surface area contributed by atoms with E-state index in [9.17, 15) is 4.79 Å². The molecule has 0 aliphatic heterocycles. The summed E-state index contributed by atoms with van der Waals surface area (Å²) in [6.07, 6.45) is 0.509. The molecular formula is C13H16O. The molecule has 1 aromatic carbocycles. The largest absolute Gasteiger partial charge is 0.299 e. The van der Waals surface area contributed by atoms with Gasteiger partial charge in [0.05, 0.1) is 0 Å². The highest BCUT2D eigenvalue weighted by atomic mass is 16.1. The van der Waals surface area contributed by atoms with Crippen molar-refractivity contribution in [2.75, 3.05) is 0 Å². The summed E-state index contributed by atoms with van der Waals surface area (Å²) in [6.45, 7) is 7.60. The first-order valence-corrected chi connectivity index (χ1v) is 4.83. The zero-order valence-corrected chi connectivity index (χ0v) is 8.79. The van der Waals surface area contributed by atoms with Crippen LogP contribution in [0, 0.1) is 5.92 Å². The monoisotopic (exact) mass is 188 g/mol. The van der Waals surface area contributed by atoms with Gasteiger partial charge in [0.15, 0.2) is 0 Å². The Labute approximate surface area is 85.5 Å². The van der Waals surface area contributed by atoms with Crippen LogP contribution >= 0.6 is 0 Å². The van der Waals surface area contributed by atoms with Crippen molar-refractivity contribution in [1.29, 1.82) is 0 Å². The SMILES string of the molecule is C=C(C)C(C)C(=O)Cc1ccccc1. The first-order valence-electron chi connectivity index (χ1n) is 4.83. The lowest BCUT2D eigenvalue weighted by Crippen LogP contribution is -2.14. The van der Waals surface area contributed by atoms with Crippen molar-refractivity contribution < 1.29 is 4.79 Å². The van der Waals surface area contributed by atoms with E-state index in [4.69, 9.17) is 0 Å². The molecule has 1 rings (SSSR count). The van der Waals surface area contributed by atoms with Crippen molar-refractivity contribution in [2.45, 2.75) is 20.3 Å². The summed E-state index contributed by atoms with van der Waals surface area (Å²) in [5.41, 5.74) is 2.01. The highest BCUT2D eigenvalue weighted by molar-refractivity contribution is 5.85. The maximum absolute atomic E-state index is 11.7. The summed E-state index contributed by atoms with van der Waals surface area (Å²) in [5, 5.41) is 0. The minimum absolute atomic E-state index is 0.0322. The van der Waals surface area contributed by atoms with Crippen LogP contribution < -0.4 is 0 Å². The number of allylic oxidation sites excluding steroid dienone is 1. The van der Waals surface area contributed by atoms with Gasteiger partial charge in [-0.1, -0.05) is 49.4 Å². The van der Waals surface area contributed by atoms with E-state index in [1.807, 2.05) is 44.2 Å². The molecule has 0 amide bonds. The summed E-state index contributed by atoms with van der Waals surface area (Å²) in [6, 6.07) is 9.81. The summed E-state index contributed by atoms with van der Waals surface area (Å²) < 4.78 is 0. The van der Waals surface area contributed by atoms with Crippen LogP contribution in [0.1, 0.15) is 19.4 Å². The molecule has 0 aliphatic rings. The smallest absolute Gasteiger partial charge is 0.144 e. The quantitative estimate of drug-likeness (QED) is 0.664. The van der Waals surface area contributed by atoms with Gasteiger partial charge in [-0.3, -0.25) is 4.79 Å². The van der Waals surface area contributed by atoms with Gasteiger partial charge in [0.25, 0.3) is 0 Å². The van der Waals surface area contributed by atoms with E-state index in [0.29, 0.717) is 6.42 Å². The Hall–Kier alpha value is -1.37. The first-order chi connectivity index (χ1) is 6.61. The molecular weight excluding hydrogens is 172 g/mol. The fraction of sp³-hybridized carbons (Fsp3) is 0.308. The highest BCUT2D eigenvalue weighted by Gasteiger charge is 2.13. The predicted octanol–water partition coefficient (Wildman–Crippen LogP) is 3.01. The molecule has 1 unspecified atom stereocenters. The second-order valence-corrected chi connectivity index (χ2v) is 3.70. The minimum Gasteiger partial charge on any atom is -0.299 e. The Kier molecular flexibility index (Phi) is 3.63. The molecule has 1 atom stereocenters. The zero-order valence-electron chi connectivity index (χ0n) is 8.79. The second kappa shape index (κ2) is 4.75. The van der Waals surface area contributed by atoms with Gasteiger partial charge in [0.1, 0.15) is 5.78 Å². The van der Waals surface area contributed by atoms with Crippen molar-refractivity contribution in [1.82, 2.24) is 0 Å². The van der Waals surface area contributed by atoms with Gasteiger partial charge in [-0.05, 0) is 12.5 Å². The number of Topliss-reactive ketones (excluding diaryl/α,β-unsaturated/α-hetero) is 1. The average molecular weight is 188 g/mol. The molecule has 74 valence electrons. The number of carbonyl (C=O) groups excluding carboxylic acids is 1. The van der Waals surface area contributed by atoms with E-state index in [2.05, 4.69) is 6.58 Å². The van der Waals surface area contributed by atoms with Crippen molar-refractivity contribution in [2.24, 2.45) is 5.92 Å². The summed E-state index contributed by atoms with van der Waals surface area (Å²) in [5.74, 6) is 0.207. The third kappa shape index (κ3) is 2.84. The molecule has 0 N–H and O–H groups in total. The second-order valence-electron chi connectivity index (χ2n) is 3.70. The molecule has 0 radical (unpaired) electrons. The van der Waals surface area contributed by atoms with E-state index in [0.717, 1.165) is 11.1 Å². The number of hydrogen-bond acceptors (Lipinski definition) is 1. The van der Waals surface area contributed by atoms with Gasteiger partial charge in [0.2, 0.25) is 0 Å². The van der Waals surface area contributed by atoms with Crippen molar-refractivity contribution in [3.63, 3.8) is 0 Å². The molecule has 1 aromatic rings. The number of rotatable bonds is 4. The van der Waals surface area contributed by atoms with Gasteiger partial charge in [-0.2, -0.15) is 0 Å². The lowest BCUT2D eigenvalue weighted by Gasteiger charge is -2.09. The molecule has 0 aromatic heterocycles. The Morgan fingerprint density at radius 1 is 1.36 bits per heavy atom. The molecule has 0 spiro atoms. The van der Waals surface area contributed by atoms with Crippen LogP contribution in [-0.2, 0) is 11.2 Å². The minimum atomic E-state index is -0.0322. The van der Waals surface area contributed by atoms with Crippen LogP contribution in [0.25, 0.3) is 0 Å². The zero-order chi connectivity index (χ0) is 10.6. The van der Waals surface area contributed by atoms with Crippen molar-refractivity contribution >= 4 is 5.78 Å². The van der Waals surface area contributed by atoms with Gasteiger partial charge in [0, 0.05) is 12.3 Å². The summed E-state index contributed by atoms with van der Waals surface area (Å²) >= 11 is 0. The maximum atomic E-state index is 11.7. The van der Waals surface area contributed by atoms with E-state index in [-0.39, 0.29) is 11.7 Å². The average Bonchev–Trinajstić information content (AvgIpc) is 2.18. The lowest BCUT2D eigenvalue weighted by atomic mass is 9.94. The van der Waals surface area contributed by atoms with E-state index in [1.54, 1.807) is 0 Å². The van der Waals surface area contributed by atoms with E-state index < -0.39 is 0 Å². The number of hydrogen-bond donors (Lipinski definition) is 0. The first kappa shape index (κ1) is 10.7. The maximum Gasteiger partial charge on any atom is 0.144 e. The van der Waals surface area contributed by atoms with Gasteiger partial charge in [-0.25, -0.2) is 0 Å². The topological polar surface area (TPSA) is 17.1 Å². The predicted molar refractivity (Wildman–Crippen MR) is 59.1 cm³/mol. The van der Waals surface area contributed by atoms with Crippen LogP contribution in [0.15, 0.2) is 42.5 Å². The summed E-state index contributed by atoms with van der Waals surface area (Å²) in [4.78, 5) is 11.7. The third-order valence-electron chi connectivity index (χ3n) is 2.44. The van der Waals surface area contributed by atoms with Crippen molar-refractivity contribution in [3.05, 3.63) is 48.0 Å². The van der Waals surface area contributed by atoms with Crippen LogP contribution in [0.3, 0.4) is 0 Å². The molecule has 1 nitrogen and oxygen atoms in total. The van der Waals surface area contributed by atoms with Gasteiger partial charge >= 0.3 is 0 Å². The Balaban J connectivity index is 2.62. The van der Waals surface area contributed by atoms with E-state index in [1.165, 1.54) is 0 Å². The molecule has 0 bridgehead atoms. The molecule has 0 fully saturated rings. The number of ketones is 1. The fourth-order valence-electron chi connectivity index (χ4n) is 1.22. The molecule has 14 heavy (non-hydrogen) atoms. The number of benzene rings is 1. The van der Waals surface area contributed by atoms with Crippen LogP contribution in [0.5, 0.6) is 0 Å². The molecule has 0 aliphatic carbocycles.